The third kappa shape index (κ3) is 4.61. The predicted molar refractivity (Wildman–Crippen MR) is 105 cm³/mol. The molecule has 1 N–H and O–H groups in total. The second-order valence-electron chi connectivity index (χ2n) is 6.58. The minimum atomic E-state index is -0.296. The van der Waals surface area contributed by atoms with Gasteiger partial charge in [-0.3, -0.25) is 9.59 Å². The van der Waals surface area contributed by atoms with Crippen molar-refractivity contribution in [1.29, 1.82) is 0 Å². The van der Waals surface area contributed by atoms with Crippen molar-refractivity contribution in [1.82, 2.24) is 5.32 Å². The van der Waals surface area contributed by atoms with Gasteiger partial charge in [-0.05, 0) is 31.2 Å². The normalized spacial score (nSPS) is 16.6. The molecule has 0 radical (unpaired) electrons. The Balaban J connectivity index is 1.63. The molecule has 148 valence electrons. The molecule has 1 aliphatic rings. The summed E-state index contributed by atoms with van der Waals surface area (Å²) in [5.74, 6) is 0.715. The van der Waals surface area contributed by atoms with Crippen molar-refractivity contribution >= 4 is 17.5 Å². The first-order chi connectivity index (χ1) is 13.5. The molecule has 2 aromatic carbocycles. The molecule has 7 nitrogen and oxygen atoms in total. The first kappa shape index (κ1) is 19.7. The summed E-state index contributed by atoms with van der Waals surface area (Å²) in [5.41, 5.74) is 2.38. The minimum Gasteiger partial charge on any atom is -0.497 e. The summed E-state index contributed by atoms with van der Waals surface area (Å²) in [6.07, 6.45) is -0.296. The van der Waals surface area contributed by atoms with Crippen LogP contribution in [0.5, 0.6) is 11.5 Å². The monoisotopic (exact) mass is 384 g/mol. The number of aryl methyl sites for hydroxylation is 1. The molecule has 2 amide bonds. The lowest BCUT2D eigenvalue weighted by atomic mass is 10.1. The molecule has 3 rings (SSSR count). The molecular weight excluding hydrogens is 360 g/mol. The van der Waals surface area contributed by atoms with E-state index < -0.39 is 0 Å². The van der Waals surface area contributed by atoms with Crippen LogP contribution >= 0.6 is 0 Å². The van der Waals surface area contributed by atoms with Gasteiger partial charge >= 0.3 is 0 Å². The minimum absolute atomic E-state index is 0.0125. The number of carbonyl (C=O) groups is 2. The Kier molecular flexibility index (Phi) is 6.16. The van der Waals surface area contributed by atoms with Crippen molar-refractivity contribution in [2.24, 2.45) is 0 Å². The highest BCUT2D eigenvalue weighted by molar-refractivity contribution is 5.96. The number of ether oxygens (including phenoxy) is 3. The number of anilines is 1. The number of nitrogens with zero attached hydrogens (tertiary/aromatic N) is 1. The van der Waals surface area contributed by atoms with E-state index in [4.69, 9.17) is 14.2 Å². The fourth-order valence-electron chi connectivity index (χ4n) is 2.97. The van der Waals surface area contributed by atoms with E-state index in [1.54, 1.807) is 23.1 Å². The van der Waals surface area contributed by atoms with Gasteiger partial charge in [0.05, 0.1) is 26.9 Å². The molecule has 0 spiro atoms. The number of morpholine rings is 1. The lowest BCUT2D eigenvalue weighted by Crippen LogP contribution is -2.50. The van der Waals surface area contributed by atoms with E-state index >= 15 is 0 Å². The van der Waals surface area contributed by atoms with Crippen LogP contribution in [0.25, 0.3) is 0 Å². The van der Waals surface area contributed by atoms with Gasteiger partial charge in [0.15, 0.2) is 0 Å². The Morgan fingerprint density at radius 1 is 1.14 bits per heavy atom. The van der Waals surface area contributed by atoms with Crippen LogP contribution in [0, 0.1) is 6.92 Å². The van der Waals surface area contributed by atoms with Crippen molar-refractivity contribution in [2.45, 2.75) is 13.0 Å². The molecule has 0 aliphatic carbocycles. The maximum atomic E-state index is 12.5. The molecule has 1 saturated heterocycles. The van der Waals surface area contributed by atoms with Crippen LogP contribution in [-0.2, 0) is 9.53 Å². The average molecular weight is 384 g/mol. The Bertz CT molecular complexity index is 828. The smallest absolute Gasteiger partial charge is 0.253 e. The molecule has 1 fully saturated rings. The lowest BCUT2D eigenvalue weighted by molar-refractivity contribution is -0.129. The number of hydrogen-bond acceptors (Lipinski definition) is 5. The van der Waals surface area contributed by atoms with Gasteiger partial charge in [-0.25, -0.2) is 0 Å². The van der Waals surface area contributed by atoms with Crippen LogP contribution in [0.1, 0.15) is 15.9 Å². The van der Waals surface area contributed by atoms with E-state index in [2.05, 4.69) is 5.32 Å². The van der Waals surface area contributed by atoms with Gasteiger partial charge < -0.3 is 24.4 Å². The number of nitrogens with one attached hydrogen (secondary N) is 1. The molecule has 1 aliphatic heterocycles. The summed E-state index contributed by atoms with van der Waals surface area (Å²) in [4.78, 5) is 26.4. The fraction of sp³-hybridized carbons (Fsp3) is 0.333. The Hall–Kier alpha value is -3.06. The summed E-state index contributed by atoms with van der Waals surface area (Å²) < 4.78 is 16.0. The molecule has 2 aromatic rings. The zero-order chi connectivity index (χ0) is 20.1. The van der Waals surface area contributed by atoms with Crippen LogP contribution in [0.4, 0.5) is 5.69 Å². The van der Waals surface area contributed by atoms with Crippen LogP contribution in [0.2, 0.25) is 0 Å². The van der Waals surface area contributed by atoms with Gasteiger partial charge in [0.1, 0.15) is 18.1 Å². The maximum absolute atomic E-state index is 12.5. The van der Waals surface area contributed by atoms with Crippen molar-refractivity contribution < 1.29 is 23.8 Å². The van der Waals surface area contributed by atoms with Crippen LogP contribution < -0.4 is 19.7 Å². The Morgan fingerprint density at radius 3 is 2.39 bits per heavy atom. The maximum Gasteiger partial charge on any atom is 0.253 e. The van der Waals surface area contributed by atoms with Crippen molar-refractivity contribution in [3.05, 3.63) is 53.6 Å². The van der Waals surface area contributed by atoms with Gasteiger partial charge in [-0.1, -0.05) is 17.7 Å². The van der Waals surface area contributed by atoms with Crippen molar-refractivity contribution in [3.8, 4) is 11.5 Å². The quantitative estimate of drug-likeness (QED) is 0.826. The molecule has 1 unspecified atom stereocenters. The number of hydrogen-bond donors (Lipinski definition) is 1. The van der Waals surface area contributed by atoms with E-state index in [1.165, 1.54) is 14.2 Å². The van der Waals surface area contributed by atoms with Crippen LogP contribution in [0.15, 0.2) is 42.5 Å². The first-order valence-corrected chi connectivity index (χ1v) is 9.00. The SMILES string of the molecule is COc1cc(OC)cc(C(=O)NCC2CN(c3ccc(C)cc3)C(=O)CO2)c1. The Morgan fingerprint density at radius 2 is 1.79 bits per heavy atom. The largest absolute Gasteiger partial charge is 0.497 e. The number of methoxy groups -OCH3 is 2. The van der Waals surface area contributed by atoms with Crippen LogP contribution in [0.3, 0.4) is 0 Å². The molecule has 0 saturated carbocycles. The summed E-state index contributed by atoms with van der Waals surface area (Å²) in [6, 6.07) is 12.7. The Labute approximate surface area is 164 Å². The third-order valence-corrected chi connectivity index (χ3v) is 4.58. The van der Waals surface area contributed by atoms with E-state index in [0.29, 0.717) is 23.6 Å². The molecule has 0 bridgehead atoms. The first-order valence-electron chi connectivity index (χ1n) is 9.00. The van der Waals surface area contributed by atoms with Gasteiger partial charge in [-0.2, -0.15) is 0 Å². The molecule has 0 aromatic heterocycles. The van der Waals surface area contributed by atoms with E-state index in [9.17, 15) is 9.59 Å². The summed E-state index contributed by atoms with van der Waals surface area (Å²) in [5, 5.41) is 2.85. The highest BCUT2D eigenvalue weighted by Gasteiger charge is 2.27. The van der Waals surface area contributed by atoms with E-state index in [1.807, 2.05) is 31.2 Å². The van der Waals surface area contributed by atoms with Crippen molar-refractivity contribution in [2.75, 3.05) is 38.8 Å². The number of rotatable bonds is 6. The predicted octanol–water partition coefficient (Wildman–Crippen LogP) is 2.17. The van der Waals surface area contributed by atoms with Gasteiger partial charge in [0.2, 0.25) is 0 Å². The van der Waals surface area contributed by atoms with Crippen LogP contribution in [-0.4, -0.2) is 51.8 Å². The highest BCUT2D eigenvalue weighted by atomic mass is 16.5. The van der Waals surface area contributed by atoms with Gasteiger partial charge in [0, 0.05) is 23.9 Å². The summed E-state index contributed by atoms with van der Waals surface area (Å²) in [6.45, 7) is 2.65. The summed E-state index contributed by atoms with van der Waals surface area (Å²) in [7, 11) is 3.06. The lowest BCUT2D eigenvalue weighted by Gasteiger charge is -2.33. The second kappa shape index (κ2) is 8.75. The van der Waals surface area contributed by atoms with Gasteiger partial charge in [0.25, 0.3) is 11.8 Å². The van der Waals surface area contributed by atoms with Gasteiger partial charge in [-0.15, -0.1) is 0 Å². The molecular formula is C21H24N2O5. The molecule has 7 heteroatoms. The zero-order valence-electron chi connectivity index (χ0n) is 16.2. The number of carbonyl (C=O) groups excluding carboxylic acids is 2. The van der Waals surface area contributed by atoms with Crippen molar-refractivity contribution in [3.63, 3.8) is 0 Å². The second-order valence-corrected chi connectivity index (χ2v) is 6.58. The standard InChI is InChI=1S/C21H24N2O5/c1-14-4-6-16(7-5-14)23-12-19(28-13-20(23)24)11-22-21(25)15-8-17(26-2)10-18(9-15)27-3/h4-10,19H,11-13H2,1-3H3,(H,22,25). The number of amides is 2. The van der Waals surface area contributed by atoms with E-state index in [0.717, 1.165) is 11.3 Å². The molecule has 1 heterocycles. The molecule has 1 atom stereocenters. The number of benzene rings is 2. The summed E-state index contributed by atoms with van der Waals surface area (Å²) >= 11 is 0. The average Bonchev–Trinajstić information content (AvgIpc) is 2.73. The molecule has 28 heavy (non-hydrogen) atoms. The zero-order valence-corrected chi connectivity index (χ0v) is 16.2. The van der Waals surface area contributed by atoms with E-state index in [-0.39, 0.29) is 31.1 Å². The third-order valence-electron chi connectivity index (χ3n) is 4.58. The highest BCUT2D eigenvalue weighted by Crippen LogP contribution is 2.23. The topological polar surface area (TPSA) is 77.1 Å². The fourth-order valence-corrected chi connectivity index (χ4v) is 2.97.